The second-order valence-electron chi connectivity index (χ2n) is 5.45. The zero-order chi connectivity index (χ0) is 17.5. The number of benzene rings is 1. The quantitative estimate of drug-likeness (QED) is 0.816. The molecule has 0 bridgehead atoms. The fourth-order valence-electron chi connectivity index (χ4n) is 2.42. The number of carbonyl (C=O) groups is 3. The van der Waals surface area contributed by atoms with Gasteiger partial charge in [0.05, 0.1) is 13.2 Å². The van der Waals surface area contributed by atoms with Crippen molar-refractivity contribution >= 4 is 23.6 Å². The molecule has 3 N–H and O–H groups in total. The monoisotopic (exact) mass is 334 g/mol. The predicted octanol–water partition coefficient (Wildman–Crippen LogP) is 0.498. The van der Waals surface area contributed by atoms with Crippen LogP contribution in [-0.2, 0) is 9.53 Å². The van der Waals surface area contributed by atoms with Crippen molar-refractivity contribution in [2.75, 3.05) is 44.6 Å². The lowest BCUT2D eigenvalue weighted by Gasteiger charge is -2.33. The second kappa shape index (κ2) is 8.30. The van der Waals surface area contributed by atoms with Crippen LogP contribution < -0.4 is 11.1 Å². The van der Waals surface area contributed by atoms with Crippen LogP contribution >= 0.6 is 0 Å². The van der Waals surface area contributed by atoms with Crippen molar-refractivity contribution in [1.29, 1.82) is 0 Å². The molecule has 0 radical (unpaired) electrons. The van der Waals surface area contributed by atoms with Crippen LogP contribution in [0, 0.1) is 0 Å². The summed E-state index contributed by atoms with van der Waals surface area (Å²) in [5, 5.41) is 2.77. The van der Waals surface area contributed by atoms with E-state index in [9.17, 15) is 14.4 Å². The third-order valence-corrected chi connectivity index (χ3v) is 3.72. The van der Waals surface area contributed by atoms with Gasteiger partial charge in [-0.15, -0.1) is 0 Å². The van der Waals surface area contributed by atoms with Gasteiger partial charge in [-0.05, 0) is 31.2 Å². The molecule has 1 saturated heterocycles. The average Bonchev–Trinajstić information content (AvgIpc) is 2.56. The van der Waals surface area contributed by atoms with Crippen LogP contribution in [0.5, 0.6) is 0 Å². The SMILES string of the molecule is CCOC(=O)N1CCN(CC(=O)Nc2ccc(C(N)=O)cc2)CC1. The summed E-state index contributed by atoms with van der Waals surface area (Å²) in [4.78, 5) is 38.3. The third-order valence-electron chi connectivity index (χ3n) is 3.72. The molecule has 24 heavy (non-hydrogen) atoms. The van der Waals surface area contributed by atoms with Crippen molar-refractivity contribution in [3.05, 3.63) is 29.8 Å². The zero-order valence-corrected chi connectivity index (χ0v) is 13.7. The first kappa shape index (κ1) is 17.7. The fourth-order valence-corrected chi connectivity index (χ4v) is 2.42. The lowest BCUT2D eigenvalue weighted by atomic mass is 10.2. The van der Waals surface area contributed by atoms with Gasteiger partial charge in [-0.25, -0.2) is 4.79 Å². The van der Waals surface area contributed by atoms with Crippen LogP contribution in [0.25, 0.3) is 0 Å². The number of anilines is 1. The maximum Gasteiger partial charge on any atom is 0.409 e. The number of primary amides is 1. The Hall–Kier alpha value is -2.61. The number of amides is 3. The highest BCUT2D eigenvalue weighted by atomic mass is 16.6. The molecular formula is C16H22N4O4. The number of hydrogen-bond donors (Lipinski definition) is 2. The largest absolute Gasteiger partial charge is 0.450 e. The number of hydrogen-bond acceptors (Lipinski definition) is 5. The van der Waals surface area contributed by atoms with Crippen molar-refractivity contribution in [3.63, 3.8) is 0 Å². The predicted molar refractivity (Wildman–Crippen MR) is 88.6 cm³/mol. The summed E-state index contributed by atoms with van der Waals surface area (Å²) in [5.41, 5.74) is 6.17. The van der Waals surface area contributed by atoms with E-state index in [1.165, 1.54) is 0 Å². The Bertz CT molecular complexity index is 595. The summed E-state index contributed by atoms with van der Waals surface area (Å²) < 4.78 is 4.96. The van der Waals surface area contributed by atoms with Crippen LogP contribution in [0.4, 0.5) is 10.5 Å². The van der Waals surface area contributed by atoms with Gasteiger partial charge in [-0.1, -0.05) is 0 Å². The molecule has 1 aliphatic rings. The first-order chi connectivity index (χ1) is 11.5. The molecule has 8 heteroatoms. The van der Waals surface area contributed by atoms with E-state index in [0.717, 1.165) is 0 Å². The molecule has 0 spiro atoms. The Kier molecular flexibility index (Phi) is 6.14. The van der Waals surface area contributed by atoms with Gasteiger partial charge in [0.15, 0.2) is 0 Å². The number of ether oxygens (including phenoxy) is 1. The van der Waals surface area contributed by atoms with E-state index < -0.39 is 5.91 Å². The normalized spacial score (nSPS) is 15.0. The van der Waals surface area contributed by atoms with Gasteiger partial charge in [0, 0.05) is 37.4 Å². The third kappa shape index (κ3) is 4.95. The lowest BCUT2D eigenvalue weighted by molar-refractivity contribution is -0.117. The topological polar surface area (TPSA) is 105 Å². The van der Waals surface area contributed by atoms with Crippen LogP contribution in [0.15, 0.2) is 24.3 Å². The standard InChI is InChI=1S/C16H22N4O4/c1-2-24-16(23)20-9-7-19(8-10-20)11-14(21)18-13-5-3-12(4-6-13)15(17)22/h3-6H,2,7-11H2,1H3,(H2,17,22)(H,18,21). The summed E-state index contributed by atoms with van der Waals surface area (Å²) in [6, 6.07) is 6.40. The maximum absolute atomic E-state index is 12.1. The minimum Gasteiger partial charge on any atom is -0.450 e. The molecule has 8 nitrogen and oxygen atoms in total. The molecule has 1 heterocycles. The summed E-state index contributed by atoms with van der Waals surface area (Å²) in [7, 11) is 0. The van der Waals surface area contributed by atoms with Crippen molar-refractivity contribution in [2.45, 2.75) is 6.92 Å². The number of carbonyl (C=O) groups excluding carboxylic acids is 3. The van der Waals surface area contributed by atoms with Gasteiger partial charge in [0.25, 0.3) is 0 Å². The van der Waals surface area contributed by atoms with Gasteiger partial charge < -0.3 is 20.7 Å². The second-order valence-corrected chi connectivity index (χ2v) is 5.45. The van der Waals surface area contributed by atoms with Crippen LogP contribution in [-0.4, -0.2) is 67.0 Å². The van der Waals surface area contributed by atoms with Crippen LogP contribution in [0.1, 0.15) is 17.3 Å². The highest BCUT2D eigenvalue weighted by Crippen LogP contribution is 2.10. The highest BCUT2D eigenvalue weighted by Gasteiger charge is 2.23. The zero-order valence-electron chi connectivity index (χ0n) is 13.7. The summed E-state index contributed by atoms with van der Waals surface area (Å²) in [6.07, 6.45) is -0.309. The van der Waals surface area contributed by atoms with E-state index in [2.05, 4.69) is 5.32 Å². The molecule has 0 aromatic heterocycles. The smallest absolute Gasteiger partial charge is 0.409 e. The molecule has 1 aromatic rings. The lowest BCUT2D eigenvalue weighted by Crippen LogP contribution is -2.50. The minimum atomic E-state index is -0.507. The van der Waals surface area contributed by atoms with Gasteiger partial charge >= 0.3 is 6.09 Å². The fraction of sp³-hybridized carbons (Fsp3) is 0.438. The van der Waals surface area contributed by atoms with Crippen molar-refractivity contribution in [1.82, 2.24) is 9.80 Å². The van der Waals surface area contributed by atoms with Gasteiger partial charge in [-0.3, -0.25) is 14.5 Å². The van der Waals surface area contributed by atoms with E-state index in [-0.39, 0.29) is 18.5 Å². The molecule has 0 unspecified atom stereocenters. The Labute approximate surface area is 140 Å². The molecular weight excluding hydrogens is 312 g/mol. The molecule has 0 atom stereocenters. The summed E-state index contributed by atoms with van der Waals surface area (Å²) in [6.45, 7) is 4.69. The molecule has 2 rings (SSSR count). The first-order valence-corrected chi connectivity index (χ1v) is 7.83. The van der Waals surface area contributed by atoms with E-state index in [4.69, 9.17) is 10.5 Å². The molecule has 3 amide bonds. The van der Waals surface area contributed by atoms with Gasteiger partial charge in [0.1, 0.15) is 0 Å². The Balaban J connectivity index is 1.77. The number of nitrogens with two attached hydrogens (primary N) is 1. The van der Waals surface area contributed by atoms with E-state index in [1.54, 1.807) is 36.1 Å². The minimum absolute atomic E-state index is 0.147. The Morgan fingerprint density at radius 1 is 1.12 bits per heavy atom. The molecule has 0 saturated carbocycles. The van der Waals surface area contributed by atoms with Crippen molar-refractivity contribution in [3.8, 4) is 0 Å². The van der Waals surface area contributed by atoms with E-state index in [0.29, 0.717) is 44.0 Å². The summed E-state index contributed by atoms with van der Waals surface area (Å²) >= 11 is 0. The highest BCUT2D eigenvalue weighted by molar-refractivity contribution is 5.95. The molecule has 130 valence electrons. The van der Waals surface area contributed by atoms with Gasteiger partial charge in [0.2, 0.25) is 11.8 Å². The van der Waals surface area contributed by atoms with Crippen molar-refractivity contribution in [2.24, 2.45) is 5.73 Å². The molecule has 1 aliphatic heterocycles. The van der Waals surface area contributed by atoms with Gasteiger partial charge in [-0.2, -0.15) is 0 Å². The number of rotatable bonds is 5. The Morgan fingerprint density at radius 2 is 1.75 bits per heavy atom. The number of nitrogens with zero attached hydrogens (tertiary/aromatic N) is 2. The number of piperazine rings is 1. The molecule has 1 fully saturated rings. The van der Waals surface area contributed by atoms with Crippen LogP contribution in [0.2, 0.25) is 0 Å². The summed E-state index contributed by atoms with van der Waals surface area (Å²) in [5.74, 6) is -0.654. The molecule has 1 aromatic carbocycles. The Morgan fingerprint density at radius 3 is 2.29 bits per heavy atom. The molecule has 0 aliphatic carbocycles. The van der Waals surface area contributed by atoms with E-state index >= 15 is 0 Å². The first-order valence-electron chi connectivity index (χ1n) is 7.83. The van der Waals surface area contributed by atoms with Crippen molar-refractivity contribution < 1.29 is 19.1 Å². The number of nitrogens with one attached hydrogen (secondary N) is 1. The van der Waals surface area contributed by atoms with E-state index in [1.807, 2.05) is 4.90 Å². The average molecular weight is 334 g/mol. The van der Waals surface area contributed by atoms with Crippen LogP contribution in [0.3, 0.4) is 0 Å². The maximum atomic E-state index is 12.1.